The van der Waals surface area contributed by atoms with E-state index < -0.39 is 0 Å². The van der Waals surface area contributed by atoms with Crippen molar-refractivity contribution in [2.45, 2.75) is 25.8 Å². The van der Waals surface area contributed by atoms with Crippen LogP contribution < -0.4 is 15.5 Å². The highest BCUT2D eigenvalue weighted by Crippen LogP contribution is 2.31. The number of fused-ring (bicyclic) bond motifs is 1. The molecule has 1 aliphatic rings. The Kier molecular flexibility index (Phi) is 5.03. The highest BCUT2D eigenvalue weighted by atomic mass is 16.2. The molecule has 0 aromatic heterocycles. The van der Waals surface area contributed by atoms with Gasteiger partial charge in [0, 0.05) is 24.5 Å². The Labute approximate surface area is 148 Å². The molecule has 2 amide bonds. The second kappa shape index (κ2) is 7.38. The average Bonchev–Trinajstić information content (AvgIpc) is 2.96. The summed E-state index contributed by atoms with van der Waals surface area (Å²) in [4.78, 5) is 25.9. The minimum absolute atomic E-state index is 0.0161. The maximum absolute atomic E-state index is 12.7. The standard InChI is InChI=1S/C20H23N3O2/c1-14-11-16-5-3-4-6-18(16)23(14)20(25)13-22-17-9-7-15(8-10-17)12-19(24)21-2/h3-10,14,22H,11-13H2,1-2H3,(H,21,24)/t14-/m0/s1. The van der Waals surface area contributed by atoms with Gasteiger partial charge in [0.05, 0.1) is 13.0 Å². The predicted octanol–water partition coefficient (Wildman–Crippen LogP) is 2.36. The van der Waals surface area contributed by atoms with E-state index in [0.29, 0.717) is 6.42 Å². The molecule has 5 heteroatoms. The summed E-state index contributed by atoms with van der Waals surface area (Å²) in [5.74, 6) is 0.0458. The van der Waals surface area contributed by atoms with Crippen molar-refractivity contribution in [1.82, 2.24) is 5.32 Å². The lowest BCUT2D eigenvalue weighted by molar-refractivity contribution is -0.120. The number of nitrogens with zero attached hydrogens (tertiary/aromatic N) is 1. The third kappa shape index (κ3) is 3.82. The topological polar surface area (TPSA) is 61.4 Å². The Morgan fingerprint density at radius 3 is 2.56 bits per heavy atom. The van der Waals surface area contributed by atoms with E-state index in [4.69, 9.17) is 0 Å². The van der Waals surface area contributed by atoms with Gasteiger partial charge in [-0.25, -0.2) is 0 Å². The number of benzene rings is 2. The maximum atomic E-state index is 12.7. The number of rotatable bonds is 5. The van der Waals surface area contributed by atoms with Crippen LogP contribution in [-0.2, 0) is 22.4 Å². The molecular formula is C20H23N3O2. The SMILES string of the molecule is CNC(=O)Cc1ccc(NCC(=O)N2c3ccccc3C[C@@H]2C)cc1. The van der Waals surface area contributed by atoms with Crippen molar-refractivity contribution in [2.24, 2.45) is 0 Å². The summed E-state index contributed by atoms with van der Waals surface area (Å²) < 4.78 is 0. The molecule has 0 aliphatic carbocycles. The highest BCUT2D eigenvalue weighted by Gasteiger charge is 2.30. The van der Waals surface area contributed by atoms with E-state index in [1.807, 2.05) is 47.4 Å². The molecule has 5 nitrogen and oxygen atoms in total. The Morgan fingerprint density at radius 1 is 1.12 bits per heavy atom. The molecule has 130 valence electrons. The Morgan fingerprint density at radius 2 is 1.84 bits per heavy atom. The van der Waals surface area contributed by atoms with E-state index in [1.54, 1.807) is 7.05 Å². The van der Waals surface area contributed by atoms with Gasteiger partial charge >= 0.3 is 0 Å². The molecule has 0 saturated carbocycles. The van der Waals surface area contributed by atoms with Crippen LogP contribution >= 0.6 is 0 Å². The lowest BCUT2D eigenvalue weighted by Crippen LogP contribution is -2.39. The number of carbonyl (C=O) groups is 2. The largest absolute Gasteiger partial charge is 0.376 e. The number of nitrogens with one attached hydrogen (secondary N) is 2. The van der Waals surface area contributed by atoms with Gasteiger partial charge in [-0.15, -0.1) is 0 Å². The first-order valence-corrected chi connectivity index (χ1v) is 8.52. The zero-order valence-corrected chi connectivity index (χ0v) is 14.6. The molecule has 0 radical (unpaired) electrons. The van der Waals surface area contributed by atoms with Gasteiger partial charge in [-0.2, -0.15) is 0 Å². The molecule has 0 unspecified atom stereocenters. The molecule has 0 fully saturated rings. The van der Waals surface area contributed by atoms with Gasteiger partial charge in [0.2, 0.25) is 11.8 Å². The Balaban J connectivity index is 1.60. The van der Waals surface area contributed by atoms with Gasteiger partial charge in [-0.05, 0) is 42.7 Å². The molecule has 2 aromatic rings. The summed E-state index contributed by atoms with van der Waals surface area (Å²) in [6.45, 7) is 2.32. The predicted molar refractivity (Wildman–Crippen MR) is 99.8 cm³/mol. The number of carbonyl (C=O) groups excluding carboxylic acids is 2. The summed E-state index contributed by atoms with van der Waals surface area (Å²) in [6, 6.07) is 15.8. The first-order chi connectivity index (χ1) is 12.1. The molecule has 0 spiro atoms. The molecule has 2 aromatic carbocycles. The van der Waals surface area contributed by atoms with Crippen molar-refractivity contribution in [2.75, 3.05) is 23.8 Å². The third-order valence-corrected chi connectivity index (χ3v) is 4.52. The fourth-order valence-electron chi connectivity index (χ4n) is 3.22. The summed E-state index contributed by atoms with van der Waals surface area (Å²) >= 11 is 0. The normalized spacial score (nSPS) is 15.6. The van der Waals surface area contributed by atoms with Crippen LogP contribution in [0.1, 0.15) is 18.1 Å². The fraction of sp³-hybridized carbons (Fsp3) is 0.300. The van der Waals surface area contributed by atoms with Crippen molar-refractivity contribution in [3.63, 3.8) is 0 Å². The molecule has 1 heterocycles. The van der Waals surface area contributed by atoms with Gasteiger partial charge in [0.25, 0.3) is 0 Å². The molecule has 3 rings (SSSR count). The third-order valence-electron chi connectivity index (χ3n) is 4.52. The van der Waals surface area contributed by atoms with Crippen LogP contribution in [0, 0.1) is 0 Å². The zero-order chi connectivity index (χ0) is 17.8. The first-order valence-electron chi connectivity index (χ1n) is 8.52. The minimum Gasteiger partial charge on any atom is -0.376 e. The zero-order valence-electron chi connectivity index (χ0n) is 14.6. The van der Waals surface area contributed by atoms with Crippen LogP contribution in [0.5, 0.6) is 0 Å². The van der Waals surface area contributed by atoms with Gasteiger partial charge in [-0.3, -0.25) is 9.59 Å². The number of anilines is 2. The minimum atomic E-state index is -0.0161. The van der Waals surface area contributed by atoms with Crippen molar-refractivity contribution in [3.05, 3.63) is 59.7 Å². The quantitative estimate of drug-likeness (QED) is 0.880. The summed E-state index contributed by atoms with van der Waals surface area (Å²) in [5.41, 5.74) is 4.05. The molecule has 2 N–H and O–H groups in total. The highest BCUT2D eigenvalue weighted by molar-refractivity contribution is 5.98. The first kappa shape index (κ1) is 17.0. The lowest BCUT2D eigenvalue weighted by atomic mass is 10.1. The second-order valence-electron chi connectivity index (χ2n) is 6.35. The van der Waals surface area contributed by atoms with E-state index >= 15 is 0 Å². The smallest absolute Gasteiger partial charge is 0.246 e. The Bertz CT molecular complexity index is 771. The number of hydrogen-bond acceptors (Lipinski definition) is 3. The van der Waals surface area contributed by atoms with Crippen molar-refractivity contribution in [3.8, 4) is 0 Å². The lowest BCUT2D eigenvalue weighted by Gasteiger charge is -2.23. The summed E-state index contributed by atoms with van der Waals surface area (Å²) in [7, 11) is 1.63. The van der Waals surface area contributed by atoms with Gasteiger partial charge in [0.15, 0.2) is 0 Å². The molecule has 0 saturated heterocycles. The van der Waals surface area contributed by atoms with Crippen LogP contribution in [-0.4, -0.2) is 31.4 Å². The fourth-order valence-corrected chi connectivity index (χ4v) is 3.22. The van der Waals surface area contributed by atoms with E-state index in [2.05, 4.69) is 23.6 Å². The van der Waals surface area contributed by atoms with Crippen LogP contribution in [0.4, 0.5) is 11.4 Å². The van der Waals surface area contributed by atoms with Crippen LogP contribution in [0.25, 0.3) is 0 Å². The van der Waals surface area contributed by atoms with Crippen LogP contribution in [0.3, 0.4) is 0 Å². The summed E-state index contributed by atoms with van der Waals surface area (Å²) in [5, 5.41) is 5.78. The molecule has 25 heavy (non-hydrogen) atoms. The number of hydrogen-bond donors (Lipinski definition) is 2. The number of para-hydroxylation sites is 1. The molecule has 1 aliphatic heterocycles. The van der Waals surface area contributed by atoms with E-state index in [0.717, 1.165) is 23.4 Å². The van der Waals surface area contributed by atoms with Crippen molar-refractivity contribution in [1.29, 1.82) is 0 Å². The van der Waals surface area contributed by atoms with Crippen LogP contribution in [0.15, 0.2) is 48.5 Å². The van der Waals surface area contributed by atoms with Gasteiger partial charge in [-0.1, -0.05) is 30.3 Å². The Hall–Kier alpha value is -2.82. The molecular weight excluding hydrogens is 314 g/mol. The number of amides is 2. The molecule has 0 bridgehead atoms. The van der Waals surface area contributed by atoms with Gasteiger partial charge in [0.1, 0.15) is 0 Å². The van der Waals surface area contributed by atoms with E-state index in [1.165, 1.54) is 5.56 Å². The summed E-state index contributed by atoms with van der Waals surface area (Å²) in [6.07, 6.45) is 1.26. The van der Waals surface area contributed by atoms with Crippen molar-refractivity contribution < 1.29 is 9.59 Å². The van der Waals surface area contributed by atoms with Gasteiger partial charge < -0.3 is 15.5 Å². The van der Waals surface area contributed by atoms with E-state index in [9.17, 15) is 9.59 Å². The molecule has 1 atom stereocenters. The average molecular weight is 337 g/mol. The number of likely N-dealkylation sites (N-methyl/N-ethyl adjacent to an activating group) is 1. The second-order valence-corrected chi connectivity index (χ2v) is 6.35. The monoisotopic (exact) mass is 337 g/mol. The maximum Gasteiger partial charge on any atom is 0.246 e. The van der Waals surface area contributed by atoms with Crippen LogP contribution in [0.2, 0.25) is 0 Å². The van der Waals surface area contributed by atoms with E-state index in [-0.39, 0.29) is 24.4 Å². The van der Waals surface area contributed by atoms with Crippen molar-refractivity contribution >= 4 is 23.2 Å².